The molecule has 4 nitrogen and oxygen atoms in total. The van der Waals surface area contributed by atoms with Crippen LogP contribution in [0.1, 0.15) is 38.2 Å². The summed E-state index contributed by atoms with van der Waals surface area (Å²) in [7, 11) is 0. The molecule has 0 aliphatic heterocycles. The van der Waals surface area contributed by atoms with E-state index in [0.717, 1.165) is 37.1 Å². The van der Waals surface area contributed by atoms with Crippen molar-refractivity contribution < 1.29 is 4.79 Å². The fourth-order valence-corrected chi connectivity index (χ4v) is 3.56. The molecule has 1 aliphatic rings. The summed E-state index contributed by atoms with van der Waals surface area (Å²) >= 11 is 1.49. The van der Waals surface area contributed by atoms with Gasteiger partial charge in [0, 0.05) is 12.0 Å². The van der Waals surface area contributed by atoms with Gasteiger partial charge in [-0.1, -0.05) is 49.4 Å². The van der Waals surface area contributed by atoms with Gasteiger partial charge in [-0.2, -0.15) is 0 Å². The van der Waals surface area contributed by atoms with E-state index in [1.54, 1.807) is 0 Å². The molecule has 1 heterocycles. The molecule has 1 N–H and O–H groups in total. The Bertz CT molecular complexity index is 621. The lowest BCUT2D eigenvalue weighted by molar-refractivity contribution is -0.119. The molecule has 1 aliphatic carbocycles. The minimum atomic E-state index is 0.0323. The highest BCUT2D eigenvalue weighted by Gasteiger charge is 2.24. The third-order valence-corrected chi connectivity index (χ3v) is 5.02. The molecule has 21 heavy (non-hydrogen) atoms. The molecule has 1 fully saturated rings. The van der Waals surface area contributed by atoms with E-state index >= 15 is 0 Å². The van der Waals surface area contributed by atoms with Gasteiger partial charge in [0.2, 0.25) is 5.16 Å². The number of hydrogen-bond donors (Lipinski definition) is 1. The van der Waals surface area contributed by atoms with Crippen molar-refractivity contribution in [1.29, 1.82) is 0 Å². The predicted molar refractivity (Wildman–Crippen MR) is 84.3 cm³/mol. The number of ketones is 1. The number of hydrogen-bond acceptors (Lipinski definition) is 4. The maximum absolute atomic E-state index is 11.9. The minimum absolute atomic E-state index is 0.0323. The first-order valence-corrected chi connectivity index (χ1v) is 8.35. The predicted octanol–water partition coefficient (Wildman–Crippen LogP) is 3.64. The van der Waals surface area contributed by atoms with Crippen molar-refractivity contribution in [3.05, 3.63) is 29.8 Å². The van der Waals surface area contributed by atoms with Crippen LogP contribution in [0.5, 0.6) is 0 Å². The van der Waals surface area contributed by atoms with Gasteiger partial charge < -0.3 is 0 Å². The number of aromatic amines is 1. The highest BCUT2D eigenvalue weighted by molar-refractivity contribution is 8.00. The molecule has 0 spiro atoms. The average molecular weight is 301 g/mol. The Balaban J connectivity index is 1.71. The number of benzene rings is 1. The summed E-state index contributed by atoms with van der Waals surface area (Å²) in [5, 5.41) is 7.91. The topological polar surface area (TPSA) is 58.6 Å². The number of H-pyrrole nitrogens is 1. The number of rotatable bonds is 4. The first-order valence-electron chi connectivity index (χ1n) is 7.47. The summed E-state index contributed by atoms with van der Waals surface area (Å²) in [6.45, 7) is 2.14. The van der Waals surface area contributed by atoms with Crippen LogP contribution in [-0.4, -0.2) is 26.2 Å². The molecule has 0 saturated heterocycles. The lowest BCUT2D eigenvalue weighted by Gasteiger charge is -2.17. The molecular formula is C16H19N3OS. The molecule has 1 saturated carbocycles. The Hall–Kier alpha value is -1.62. The van der Waals surface area contributed by atoms with Crippen LogP contribution in [0.25, 0.3) is 11.4 Å². The molecule has 3 rings (SSSR count). The van der Waals surface area contributed by atoms with Gasteiger partial charge >= 0.3 is 0 Å². The van der Waals surface area contributed by atoms with Crippen LogP contribution in [0.3, 0.4) is 0 Å². The SMILES string of the molecule is CCc1ccc(-c2nc(S[C@@H]3CCCCC3=O)n[nH]2)cc1. The van der Waals surface area contributed by atoms with E-state index in [2.05, 4.69) is 46.4 Å². The molecule has 2 aromatic rings. The van der Waals surface area contributed by atoms with Gasteiger partial charge in [0.1, 0.15) is 5.78 Å². The largest absolute Gasteiger partial charge is 0.298 e. The molecule has 1 aromatic heterocycles. The van der Waals surface area contributed by atoms with Gasteiger partial charge in [0.15, 0.2) is 5.82 Å². The standard InChI is InChI=1S/C16H19N3OS/c1-2-11-7-9-12(10-8-11)15-17-16(19-18-15)21-14-6-4-3-5-13(14)20/h7-10,14H,2-6H2,1H3,(H,17,18,19)/t14-/m1/s1. The molecule has 0 unspecified atom stereocenters. The summed E-state index contributed by atoms with van der Waals surface area (Å²) in [5.74, 6) is 1.10. The van der Waals surface area contributed by atoms with Crippen LogP contribution in [-0.2, 0) is 11.2 Å². The average Bonchev–Trinajstić information content (AvgIpc) is 2.98. The normalized spacial score (nSPS) is 18.9. The van der Waals surface area contributed by atoms with E-state index in [0.29, 0.717) is 17.4 Å². The zero-order valence-corrected chi connectivity index (χ0v) is 12.9. The van der Waals surface area contributed by atoms with E-state index in [1.165, 1.54) is 17.3 Å². The third kappa shape index (κ3) is 3.35. The summed E-state index contributed by atoms with van der Waals surface area (Å²) in [6, 6.07) is 8.32. The van der Waals surface area contributed by atoms with Crippen molar-refractivity contribution in [3.8, 4) is 11.4 Å². The Kier molecular flexibility index (Phi) is 4.39. The van der Waals surface area contributed by atoms with E-state index in [9.17, 15) is 4.79 Å². The summed E-state index contributed by atoms with van der Waals surface area (Å²) < 4.78 is 0. The van der Waals surface area contributed by atoms with E-state index in [4.69, 9.17) is 0 Å². The Labute approximate surface area is 128 Å². The maximum atomic E-state index is 11.9. The second kappa shape index (κ2) is 6.43. The fraction of sp³-hybridized carbons (Fsp3) is 0.438. The van der Waals surface area contributed by atoms with Crippen molar-refractivity contribution in [2.75, 3.05) is 0 Å². The second-order valence-electron chi connectivity index (χ2n) is 5.34. The van der Waals surface area contributed by atoms with Crippen LogP contribution in [0.2, 0.25) is 0 Å². The number of aryl methyl sites for hydroxylation is 1. The van der Waals surface area contributed by atoms with Gasteiger partial charge in [-0.05, 0) is 24.8 Å². The van der Waals surface area contributed by atoms with Crippen LogP contribution >= 0.6 is 11.8 Å². The Morgan fingerprint density at radius 2 is 2.10 bits per heavy atom. The quantitative estimate of drug-likeness (QED) is 0.936. The highest BCUT2D eigenvalue weighted by atomic mass is 32.2. The van der Waals surface area contributed by atoms with E-state index in [1.807, 2.05) is 0 Å². The number of aromatic nitrogens is 3. The Morgan fingerprint density at radius 1 is 1.29 bits per heavy atom. The number of carbonyl (C=O) groups excluding carboxylic acids is 1. The third-order valence-electron chi connectivity index (χ3n) is 3.85. The lowest BCUT2D eigenvalue weighted by Crippen LogP contribution is -2.21. The highest BCUT2D eigenvalue weighted by Crippen LogP contribution is 2.30. The molecule has 0 amide bonds. The molecule has 1 aromatic carbocycles. The van der Waals surface area contributed by atoms with Crippen molar-refractivity contribution in [3.63, 3.8) is 0 Å². The molecule has 5 heteroatoms. The van der Waals surface area contributed by atoms with Crippen molar-refractivity contribution >= 4 is 17.5 Å². The zero-order valence-electron chi connectivity index (χ0n) is 12.1. The van der Waals surface area contributed by atoms with Gasteiger partial charge in [0.05, 0.1) is 5.25 Å². The molecule has 0 radical (unpaired) electrons. The van der Waals surface area contributed by atoms with Gasteiger partial charge in [-0.25, -0.2) is 4.98 Å². The van der Waals surface area contributed by atoms with Crippen molar-refractivity contribution in [1.82, 2.24) is 15.2 Å². The molecule has 110 valence electrons. The van der Waals surface area contributed by atoms with E-state index < -0.39 is 0 Å². The molecule has 1 atom stereocenters. The van der Waals surface area contributed by atoms with Gasteiger partial charge in [-0.15, -0.1) is 5.10 Å². The van der Waals surface area contributed by atoms with Crippen molar-refractivity contribution in [2.24, 2.45) is 0 Å². The smallest absolute Gasteiger partial charge is 0.209 e. The number of carbonyl (C=O) groups is 1. The molecular weight excluding hydrogens is 282 g/mol. The second-order valence-corrected chi connectivity index (χ2v) is 6.51. The Morgan fingerprint density at radius 3 is 2.81 bits per heavy atom. The van der Waals surface area contributed by atoms with Crippen molar-refractivity contribution in [2.45, 2.75) is 49.4 Å². The van der Waals surface area contributed by atoms with Gasteiger partial charge in [-0.3, -0.25) is 9.89 Å². The van der Waals surface area contributed by atoms with Crippen LogP contribution in [0, 0.1) is 0 Å². The zero-order chi connectivity index (χ0) is 14.7. The lowest BCUT2D eigenvalue weighted by atomic mass is 9.99. The monoisotopic (exact) mass is 301 g/mol. The summed E-state index contributed by atoms with van der Waals surface area (Å²) in [6.07, 6.45) is 4.83. The number of nitrogens with zero attached hydrogens (tertiary/aromatic N) is 2. The minimum Gasteiger partial charge on any atom is -0.298 e. The number of Topliss-reactive ketones (excluding diaryl/α,β-unsaturated/α-hetero) is 1. The maximum Gasteiger partial charge on any atom is 0.209 e. The summed E-state index contributed by atoms with van der Waals surface area (Å²) in [5.41, 5.74) is 2.34. The van der Waals surface area contributed by atoms with Gasteiger partial charge in [0.25, 0.3) is 0 Å². The van der Waals surface area contributed by atoms with Crippen LogP contribution < -0.4 is 0 Å². The van der Waals surface area contributed by atoms with Crippen LogP contribution in [0.4, 0.5) is 0 Å². The first kappa shape index (κ1) is 14.3. The van der Waals surface area contributed by atoms with Crippen LogP contribution in [0.15, 0.2) is 29.4 Å². The van der Waals surface area contributed by atoms with E-state index in [-0.39, 0.29) is 5.25 Å². The number of thioether (sulfide) groups is 1. The number of nitrogens with one attached hydrogen (secondary N) is 1. The first-order chi connectivity index (χ1) is 10.3. The fourth-order valence-electron chi connectivity index (χ4n) is 2.53. The molecule has 0 bridgehead atoms. The summed E-state index contributed by atoms with van der Waals surface area (Å²) in [4.78, 5) is 16.4.